The molecule has 0 aliphatic rings. The fraction of sp³-hybridized carbons (Fsp3) is 0.125. The van der Waals surface area contributed by atoms with Gasteiger partial charge in [0, 0.05) is 17.8 Å². The highest BCUT2D eigenvalue weighted by molar-refractivity contribution is 7.16. The Labute approximate surface area is 89.2 Å². The van der Waals surface area contributed by atoms with Crippen LogP contribution in [0.4, 0.5) is 5.13 Å². The van der Waals surface area contributed by atoms with E-state index in [1.807, 2.05) is 23.9 Å². The van der Waals surface area contributed by atoms with Crippen LogP contribution in [0.1, 0.15) is 0 Å². The quantitative estimate of drug-likeness (QED) is 0.853. The average Bonchev–Trinajstić information content (AvgIpc) is 2.71. The normalized spacial score (nSPS) is 10.3. The SMILES string of the molecule is CNc1nc(-c2cc(Cl)cs2)cs1. The number of thiazole rings is 1. The van der Waals surface area contributed by atoms with Gasteiger partial charge in [0.05, 0.1) is 15.6 Å². The van der Waals surface area contributed by atoms with E-state index in [0.717, 1.165) is 20.7 Å². The van der Waals surface area contributed by atoms with Gasteiger partial charge in [0.15, 0.2) is 5.13 Å². The van der Waals surface area contributed by atoms with Crippen molar-refractivity contribution >= 4 is 39.4 Å². The first-order chi connectivity index (χ1) is 6.29. The van der Waals surface area contributed by atoms with Gasteiger partial charge in [0.2, 0.25) is 0 Å². The van der Waals surface area contributed by atoms with Crippen LogP contribution in [-0.4, -0.2) is 12.0 Å². The predicted molar refractivity (Wildman–Crippen MR) is 60.0 cm³/mol. The maximum Gasteiger partial charge on any atom is 0.182 e. The Morgan fingerprint density at radius 1 is 1.38 bits per heavy atom. The summed E-state index contributed by atoms with van der Waals surface area (Å²) in [5.41, 5.74) is 0.992. The molecule has 0 fully saturated rings. The largest absolute Gasteiger partial charge is 0.365 e. The Morgan fingerprint density at radius 2 is 2.23 bits per heavy atom. The molecule has 2 rings (SSSR count). The van der Waals surface area contributed by atoms with Gasteiger partial charge in [-0.15, -0.1) is 22.7 Å². The molecule has 13 heavy (non-hydrogen) atoms. The van der Waals surface area contributed by atoms with Crippen molar-refractivity contribution in [2.24, 2.45) is 0 Å². The van der Waals surface area contributed by atoms with Gasteiger partial charge in [-0.25, -0.2) is 4.98 Å². The highest BCUT2D eigenvalue weighted by Crippen LogP contribution is 2.31. The summed E-state index contributed by atoms with van der Waals surface area (Å²) in [5, 5.41) is 8.64. The minimum Gasteiger partial charge on any atom is -0.365 e. The number of aromatic nitrogens is 1. The summed E-state index contributed by atoms with van der Waals surface area (Å²) in [4.78, 5) is 5.49. The number of nitrogens with zero attached hydrogens (tertiary/aromatic N) is 1. The first kappa shape index (κ1) is 8.99. The molecule has 0 unspecified atom stereocenters. The lowest BCUT2D eigenvalue weighted by atomic mass is 10.4. The zero-order valence-electron chi connectivity index (χ0n) is 6.87. The lowest BCUT2D eigenvalue weighted by Gasteiger charge is -1.88. The van der Waals surface area contributed by atoms with Crippen molar-refractivity contribution < 1.29 is 0 Å². The molecular weight excluding hydrogens is 224 g/mol. The zero-order valence-corrected chi connectivity index (χ0v) is 9.26. The molecule has 0 bridgehead atoms. The lowest BCUT2D eigenvalue weighted by Crippen LogP contribution is -1.84. The van der Waals surface area contributed by atoms with Crippen LogP contribution in [0.25, 0.3) is 10.6 Å². The van der Waals surface area contributed by atoms with Crippen molar-refractivity contribution in [1.82, 2.24) is 4.98 Å². The van der Waals surface area contributed by atoms with E-state index < -0.39 is 0 Å². The van der Waals surface area contributed by atoms with E-state index in [4.69, 9.17) is 11.6 Å². The van der Waals surface area contributed by atoms with Gasteiger partial charge in [0.1, 0.15) is 0 Å². The molecule has 0 radical (unpaired) electrons. The standard InChI is InChI=1S/C8H7ClN2S2/c1-10-8-11-6(4-13-8)7-2-5(9)3-12-7/h2-4H,1H3,(H,10,11). The molecule has 5 heteroatoms. The monoisotopic (exact) mass is 230 g/mol. The molecule has 0 atom stereocenters. The molecule has 2 aromatic rings. The van der Waals surface area contributed by atoms with E-state index >= 15 is 0 Å². The number of hydrogen-bond acceptors (Lipinski definition) is 4. The summed E-state index contributed by atoms with van der Waals surface area (Å²) in [6, 6.07) is 1.93. The highest BCUT2D eigenvalue weighted by atomic mass is 35.5. The zero-order chi connectivity index (χ0) is 9.26. The second-order valence-electron chi connectivity index (χ2n) is 2.42. The first-order valence-corrected chi connectivity index (χ1v) is 5.81. The van der Waals surface area contributed by atoms with Gasteiger partial charge in [-0.2, -0.15) is 0 Å². The molecule has 68 valence electrons. The van der Waals surface area contributed by atoms with Gasteiger partial charge in [-0.1, -0.05) is 11.6 Å². The van der Waals surface area contributed by atoms with Crippen LogP contribution in [0.2, 0.25) is 5.02 Å². The van der Waals surface area contributed by atoms with Crippen LogP contribution in [0.15, 0.2) is 16.8 Å². The Kier molecular flexibility index (Phi) is 2.53. The second kappa shape index (κ2) is 3.65. The summed E-state index contributed by atoms with van der Waals surface area (Å²) in [5.74, 6) is 0. The van der Waals surface area contributed by atoms with Gasteiger partial charge in [-0.05, 0) is 6.07 Å². The van der Waals surface area contributed by atoms with Crippen molar-refractivity contribution in [3.05, 3.63) is 21.8 Å². The molecule has 0 aliphatic carbocycles. The molecular formula is C8H7ClN2S2. The first-order valence-electron chi connectivity index (χ1n) is 3.67. The summed E-state index contributed by atoms with van der Waals surface area (Å²) in [6.45, 7) is 0. The van der Waals surface area contributed by atoms with Gasteiger partial charge < -0.3 is 5.32 Å². The maximum absolute atomic E-state index is 5.82. The predicted octanol–water partition coefficient (Wildman–Crippen LogP) is 3.57. The van der Waals surface area contributed by atoms with Crippen molar-refractivity contribution in [3.8, 4) is 10.6 Å². The van der Waals surface area contributed by atoms with E-state index in [0.29, 0.717) is 0 Å². The van der Waals surface area contributed by atoms with Gasteiger partial charge >= 0.3 is 0 Å². The average molecular weight is 231 g/mol. The molecule has 2 heterocycles. The van der Waals surface area contributed by atoms with Crippen LogP contribution in [-0.2, 0) is 0 Å². The maximum atomic E-state index is 5.82. The van der Waals surface area contributed by atoms with Crippen LogP contribution < -0.4 is 5.32 Å². The molecule has 0 saturated heterocycles. The topological polar surface area (TPSA) is 24.9 Å². The number of anilines is 1. The molecule has 0 spiro atoms. The molecule has 0 saturated carbocycles. The van der Waals surface area contributed by atoms with E-state index in [1.165, 1.54) is 0 Å². The van der Waals surface area contributed by atoms with E-state index in [-0.39, 0.29) is 0 Å². The van der Waals surface area contributed by atoms with Crippen molar-refractivity contribution in [2.75, 3.05) is 12.4 Å². The molecule has 0 amide bonds. The molecule has 1 N–H and O–H groups in total. The minimum atomic E-state index is 0.777. The van der Waals surface area contributed by atoms with Crippen molar-refractivity contribution in [1.29, 1.82) is 0 Å². The Balaban J connectivity index is 2.35. The highest BCUT2D eigenvalue weighted by Gasteiger charge is 2.05. The van der Waals surface area contributed by atoms with Crippen LogP contribution >= 0.6 is 34.3 Å². The Bertz CT molecular complexity index is 408. The smallest absolute Gasteiger partial charge is 0.182 e. The van der Waals surface area contributed by atoms with E-state index in [9.17, 15) is 0 Å². The number of thiophene rings is 1. The third-order valence-corrected chi connectivity index (χ3v) is 3.70. The lowest BCUT2D eigenvalue weighted by molar-refractivity contribution is 1.37. The third-order valence-electron chi connectivity index (χ3n) is 1.54. The summed E-state index contributed by atoms with van der Waals surface area (Å²) < 4.78 is 0. The number of nitrogens with one attached hydrogen (secondary N) is 1. The number of hydrogen-bond donors (Lipinski definition) is 1. The fourth-order valence-electron chi connectivity index (χ4n) is 0.949. The Morgan fingerprint density at radius 3 is 2.77 bits per heavy atom. The van der Waals surface area contributed by atoms with Crippen LogP contribution in [0.3, 0.4) is 0 Å². The molecule has 0 aliphatic heterocycles. The second-order valence-corrected chi connectivity index (χ2v) is 4.62. The van der Waals surface area contributed by atoms with E-state index in [2.05, 4.69) is 10.3 Å². The summed E-state index contributed by atoms with van der Waals surface area (Å²) in [7, 11) is 1.87. The van der Waals surface area contributed by atoms with Crippen LogP contribution in [0.5, 0.6) is 0 Å². The van der Waals surface area contributed by atoms with Crippen molar-refractivity contribution in [3.63, 3.8) is 0 Å². The fourth-order valence-corrected chi connectivity index (χ4v) is 2.73. The number of rotatable bonds is 2. The minimum absolute atomic E-state index is 0.777. The Hall–Kier alpha value is -0.580. The molecule has 0 aromatic carbocycles. The summed E-state index contributed by atoms with van der Waals surface area (Å²) >= 11 is 9.03. The van der Waals surface area contributed by atoms with Gasteiger partial charge in [-0.3, -0.25) is 0 Å². The molecule has 2 nitrogen and oxygen atoms in total. The van der Waals surface area contributed by atoms with Crippen molar-refractivity contribution in [2.45, 2.75) is 0 Å². The van der Waals surface area contributed by atoms with Gasteiger partial charge in [0.25, 0.3) is 0 Å². The molecule has 2 aromatic heterocycles. The third kappa shape index (κ3) is 1.85. The van der Waals surface area contributed by atoms with E-state index in [1.54, 1.807) is 22.7 Å². The number of halogens is 1. The van der Waals surface area contributed by atoms with Crippen LogP contribution in [0, 0.1) is 0 Å². The summed E-state index contributed by atoms with van der Waals surface area (Å²) in [6.07, 6.45) is 0.